The van der Waals surface area contributed by atoms with Gasteiger partial charge in [-0.2, -0.15) is 0 Å². The van der Waals surface area contributed by atoms with Crippen molar-refractivity contribution in [1.82, 2.24) is 4.57 Å². The van der Waals surface area contributed by atoms with Gasteiger partial charge in [0.05, 0.1) is 22.4 Å². The largest absolute Gasteiger partial charge is 0.309 e. The van der Waals surface area contributed by atoms with E-state index in [9.17, 15) is 0 Å². The van der Waals surface area contributed by atoms with Crippen LogP contribution in [0, 0.1) is 23.7 Å². The number of rotatable bonds is 8. The molecule has 4 fully saturated rings. The third-order valence-corrected chi connectivity index (χ3v) is 17.6. The summed E-state index contributed by atoms with van der Waals surface area (Å²) < 4.78 is 2.45. The van der Waals surface area contributed by atoms with E-state index in [2.05, 4.69) is 252 Å². The Morgan fingerprint density at radius 1 is 0.347 bits per heavy atom. The molecule has 0 atom stereocenters. The first kappa shape index (κ1) is 41.6. The number of benzene rings is 10. The second-order valence-corrected chi connectivity index (χ2v) is 21.2. The highest BCUT2D eigenvalue weighted by Crippen LogP contribution is 2.70. The maximum atomic E-state index is 2.62. The summed E-state index contributed by atoms with van der Waals surface area (Å²) in [5, 5.41) is 2.52. The lowest BCUT2D eigenvalue weighted by atomic mass is 9.43. The van der Waals surface area contributed by atoms with Gasteiger partial charge >= 0.3 is 0 Å². The van der Waals surface area contributed by atoms with E-state index >= 15 is 0 Å². The lowest BCUT2D eigenvalue weighted by Crippen LogP contribution is -2.55. The number of hydrogen-bond acceptors (Lipinski definition) is 1. The van der Waals surface area contributed by atoms with Crippen LogP contribution in [0.4, 0.5) is 17.1 Å². The van der Waals surface area contributed by atoms with E-state index in [-0.39, 0.29) is 5.41 Å². The molecule has 16 rings (SSSR count). The Hall–Kier alpha value is -8.20. The second kappa shape index (κ2) is 16.4. The van der Waals surface area contributed by atoms with E-state index in [4.69, 9.17) is 0 Å². The van der Waals surface area contributed by atoms with E-state index in [1.807, 2.05) is 0 Å². The summed E-state index contributed by atoms with van der Waals surface area (Å²) in [6, 6.07) is 90.9. The summed E-state index contributed by atoms with van der Waals surface area (Å²) in [6.45, 7) is 0. The van der Waals surface area contributed by atoms with E-state index in [1.165, 1.54) is 115 Å². The Bertz CT molecular complexity index is 3850. The van der Waals surface area contributed by atoms with E-state index in [0.29, 0.717) is 11.8 Å². The fourth-order valence-electron chi connectivity index (χ4n) is 15.1. The Morgan fingerprint density at radius 2 is 0.847 bits per heavy atom. The van der Waals surface area contributed by atoms with Gasteiger partial charge in [-0.1, -0.05) is 200 Å². The Balaban J connectivity index is 0.956. The summed E-state index contributed by atoms with van der Waals surface area (Å²) in [7, 11) is 0. The molecule has 11 aromatic rings. The van der Waals surface area contributed by atoms with Crippen molar-refractivity contribution in [2.45, 2.75) is 37.5 Å². The van der Waals surface area contributed by atoms with Crippen LogP contribution in [0.2, 0.25) is 0 Å². The first-order valence-corrected chi connectivity index (χ1v) is 26.3. The molecule has 5 aliphatic rings. The van der Waals surface area contributed by atoms with E-state index in [0.717, 1.165) is 28.9 Å². The lowest BCUT2D eigenvalue weighted by Gasteiger charge is -2.61. The molecule has 4 saturated carbocycles. The first-order chi connectivity index (χ1) is 35.7. The molecule has 2 nitrogen and oxygen atoms in total. The predicted molar refractivity (Wildman–Crippen MR) is 300 cm³/mol. The van der Waals surface area contributed by atoms with Crippen molar-refractivity contribution < 1.29 is 0 Å². The van der Waals surface area contributed by atoms with Gasteiger partial charge in [0.15, 0.2) is 0 Å². The second-order valence-electron chi connectivity index (χ2n) is 21.2. The van der Waals surface area contributed by atoms with Gasteiger partial charge in [-0.15, -0.1) is 0 Å². The molecule has 10 aromatic carbocycles. The average molecular weight is 923 g/mol. The fraction of sp³-hybridized carbons (Fsp3) is 0.143. The Kier molecular flexibility index (Phi) is 9.49. The highest BCUT2D eigenvalue weighted by molar-refractivity contribution is 6.14. The monoisotopic (exact) mass is 922 g/mol. The predicted octanol–water partition coefficient (Wildman–Crippen LogP) is 18.6. The molecular formula is C70H54N2. The molecule has 0 amide bonds. The number of aromatic nitrogens is 1. The van der Waals surface area contributed by atoms with Gasteiger partial charge in [0, 0.05) is 44.3 Å². The van der Waals surface area contributed by atoms with Crippen LogP contribution in [0.15, 0.2) is 243 Å². The normalized spacial score (nSPS) is 20.3. The highest BCUT2D eigenvalue weighted by atomic mass is 15.1. The van der Waals surface area contributed by atoms with Crippen molar-refractivity contribution in [1.29, 1.82) is 0 Å². The zero-order valence-corrected chi connectivity index (χ0v) is 40.3. The molecule has 2 heteroatoms. The molecule has 1 aromatic heterocycles. The van der Waals surface area contributed by atoms with E-state index < -0.39 is 0 Å². The number of fused-ring (bicyclic) bond motifs is 6. The number of para-hydroxylation sites is 4. The third-order valence-electron chi connectivity index (χ3n) is 17.6. The van der Waals surface area contributed by atoms with Crippen molar-refractivity contribution in [3.8, 4) is 61.3 Å². The summed E-state index contributed by atoms with van der Waals surface area (Å²) in [5.41, 5.74) is 22.9. The number of nitrogens with zero attached hydrogens (tertiary/aromatic N) is 2. The first-order valence-electron chi connectivity index (χ1n) is 26.3. The van der Waals surface area contributed by atoms with Gasteiger partial charge in [-0.05, 0) is 148 Å². The van der Waals surface area contributed by atoms with Crippen LogP contribution in [-0.2, 0) is 5.41 Å². The van der Waals surface area contributed by atoms with Crippen molar-refractivity contribution >= 4 is 38.9 Å². The molecule has 5 aliphatic carbocycles. The van der Waals surface area contributed by atoms with Crippen molar-refractivity contribution in [2.75, 3.05) is 4.90 Å². The maximum Gasteiger partial charge on any atom is 0.0619 e. The molecule has 344 valence electrons. The minimum absolute atomic E-state index is 0.0496. The standard InChI is InChI=1S/C70H54N2/c1-3-19-48(20-4-1)54-23-7-8-24-56(54)57-25-9-10-26-58(57)59-27-12-15-34-65(59)71(67-36-18-33-64-68(67)62-29-11-14-32-63(62)70(64)50-42-46-41-47(44-50)45-51(70)43-46)53-39-37-49(38-40-53)55-30-17-31-61-60-28-13-16-35-66(60)72(69(55)61)52-21-5-2-6-22-52/h1-40,46-47,50-51H,41-45H2. The average Bonchev–Trinajstić information content (AvgIpc) is 3.95. The number of anilines is 3. The molecule has 0 unspecified atom stereocenters. The van der Waals surface area contributed by atoms with Gasteiger partial charge < -0.3 is 9.47 Å². The third kappa shape index (κ3) is 6.15. The van der Waals surface area contributed by atoms with Crippen LogP contribution >= 0.6 is 0 Å². The molecule has 0 saturated heterocycles. The highest BCUT2D eigenvalue weighted by Gasteiger charge is 2.62. The van der Waals surface area contributed by atoms with Crippen LogP contribution in [0.25, 0.3) is 83.1 Å². The van der Waals surface area contributed by atoms with Gasteiger partial charge in [0.2, 0.25) is 0 Å². The topological polar surface area (TPSA) is 8.17 Å². The fourth-order valence-corrected chi connectivity index (χ4v) is 15.1. The molecule has 1 heterocycles. The SMILES string of the molecule is c1ccc(-c2ccccc2-c2ccccc2-c2ccccc2N(c2ccc(-c3cccc4c5ccccc5n(-c5ccccc5)c34)cc2)c2cccc3c2-c2ccccc2C32C3CC4CC(C3)CC2C4)cc1. The molecule has 72 heavy (non-hydrogen) atoms. The minimum atomic E-state index is 0.0496. The van der Waals surface area contributed by atoms with Crippen LogP contribution < -0.4 is 4.90 Å². The van der Waals surface area contributed by atoms with Crippen molar-refractivity contribution in [3.63, 3.8) is 0 Å². The van der Waals surface area contributed by atoms with Gasteiger partial charge in [0.25, 0.3) is 0 Å². The molecule has 0 radical (unpaired) electrons. The summed E-state index contributed by atoms with van der Waals surface area (Å²) >= 11 is 0. The summed E-state index contributed by atoms with van der Waals surface area (Å²) in [6.07, 6.45) is 6.87. The minimum Gasteiger partial charge on any atom is -0.309 e. The Labute approximate surface area is 422 Å². The van der Waals surface area contributed by atoms with Crippen molar-refractivity contribution in [3.05, 3.63) is 254 Å². The zero-order chi connectivity index (χ0) is 47.3. The molecule has 0 N–H and O–H groups in total. The van der Waals surface area contributed by atoms with Crippen LogP contribution in [-0.4, -0.2) is 4.57 Å². The van der Waals surface area contributed by atoms with Crippen LogP contribution in [0.5, 0.6) is 0 Å². The van der Waals surface area contributed by atoms with Gasteiger partial charge in [0.1, 0.15) is 0 Å². The Morgan fingerprint density at radius 3 is 1.58 bits per heavy atom. The lowest BCUT2D eigenvalue weighted by molar-refractivity contribution is -0.0399. The van der Waals surface area contributed by atoms with Crippen LogP contribution in [0.1, 0.15) is 43.2 Å². The van der Waals surface area contributed by atoms with Crippen LogP contribution in [0.3, 0.4) is 0 Å². The summed E-state index contributed by atoms with van der Waals surface area (Å²) in [5.74, 6) is 3.12. The van der Waals surface area contributed by atoms with Gasteiger partial charge in [-0.3, -0.25) is 0 Å². The maximum absolute atomic E-state index is 2.62. The molecule has 4 bridgehead atoms. The van der Waals surface area contributed by atoms with Gasteiger partial charge in [-0.25, -0.2) is 0 Å². The van der Waals surface area contributed by atoms with E-state index in [1.54, 1.807) is 11.1 Å². The zero-order valence-electron chi connectivity index (χ0n) is 40.3. The quantitative estimate of drug-likeness (QED) is 0.147. The van der Waals surface area contributed by atoms with Crippen molar-refractivity contribution in [2.24, 2.45) is 23.7 Å². The molecule has 0 aliphatic heterocycles. The smallest absolute Gasteiger partial charge is 0.0619 e. The summed E-state index contributed by atoms with van der Waals surface area (Å²) in [4.78, 5) is 2.62. The molecule has 1 spiro atoms. The molecular weight excluding hydrogens is 869 g/mol. The number of hydrogen-bond donors (Lipinski definition) is 0.